The monoisotopic (exact) mass is 360 g/mol. The zero-order valence-corrected chi connectivity index (χ0v) is 13.2. The lowest BCUT2D eigenvalue weighted by Crippen LogP contribution is -1.86. The highest BCUT2D eigenvalue weighted by Crippen LogP contribution is 2.37. The average molecular weight is 362 g/mol. The van der Waals surface area contributed by atoms with E-state index in [0.717, 1.165) is 26.9 Å². The highest BCUT2D eigenvalue weighted by molar-refractivity contribution is 9.10. The van der Waals surface area contributed by atoms with Gasteiger partial charge in [-0.05, 0) is 40.5 Å². The van der Waals surface area contributed by atoms with Gasteiger partial charge in [-0.2, -0.15) is 0 Å². The topological polar surface area (TPSA) is 17.3 Å². The molecule has 0 saturated heterocycles. The zero-order valence-electron chi connectivity index (χ0n) is 9.25. The van der Waals surface area contributed by atoms with Crippen LogP contribution in [0.5, 0.6) is 0 Å². The van der Waals surface area contributed by atoms with E-state index >= 15 is 0 Å². The van der Waals surface area contributed by atoms with Crippen molar-refractivity contribution in [2.24, 2.45) is 0 Å². The molecule has 0 aliphatic heterocycles. The standard InChI is InChI=1S/C12H7BrCl2N2S/c1-6-2-7(13)4-17-5-9(16-12(6)17)8-3-10(14)18-11(8)15/h2-5H,1H3. The van der Waals surface area contributed by atoms with Crippen LogP contribution in [0.2, 0.25) is 8.67 Å². The number of thiophene rings is 1. The van der Waals surface area contributed by atoms with Crippen molar-refractivity contribution in [3.63, 3.8) is 0 Å². The first-order valence-corrected chi connectivity index (χ1v) is 7.51. The Morgan fingerprint density at radius 3 is 2.72 bits per heavy atom. The fourth-order valence-electron chi connectivity index (χ4n) is 1.87. The minimum Gasteiger partial charge on any atom is -0.305 e. The summed E-state index contributed by atoms with van der Waals surface area (Å²) in [6.07, 6.45) is 3.93. The summed E-state index contributed by atoms with van der Waals surface area (Å²) in [7, 11) is 0. The maximum absolute atomic E-state index is 6.15. The lowest BCUT2D eigenvalue weighted by Gasteiger charge is -1.97. The molecule has 3 rings (SSSR count). The summed E-state index contributed by atoms with van der Waals surface area (Å²) in [5.74, 6) is 0. The molecule has 92 valence electrons. The van der Waals surface area contributed by atoms with Gasteiger partial charge in [-0.1, -0.05) is 23.2 Å². The summed E-state index contributed by atoms with van der Waals surface area (Å²) in [5.41, 5.74) is 3.75. The first-order chi connectivity index (χ1) is 8.54. The minimum atomic E-state index is 0.667. The number of fused-ring (bicyclic) bond motifs is 1. The summed E-state index contributed by atoms with van der Waals surface area (Å²) in [6, 6.07) is 3.88. The van der Waals surface area contributed by atoms with Crippen LogP contribution in [0.3, 0.4) is 0 Å². The Labute approximate surface area is 126 Å². The number of hydrogen-bond acceptors (Lipinski definition) is 2. The molecule has 0 bridgehead atoms. The Morgan fingerprint density at radius 1 is 1.28 bits per heavy atom. The van der Waals surface area contributed by atoms with Crippen molar-refractivity contribution in [1.82, 2.24) is 9.38 Å². The van der Waals surface area contributed by atoms with Gasteiger partial charge in [0.15, 0.2) is 0 Å². The summed E-state index contributed by atoms with van der Waals surface area (Å²) in [6.45, 7) is 2.03. The second kappa shape index (κ2) is 4.53. The van der Waals surface area contributed by atoms with Crippen molar-refractivity contribution in [2.45, 2.75) is 6.92 Å². The summed E-state index contributed by atoms with van der Waals surface area (Å²) >= 11 is 16.9. The predicted molar refractivity (Wildman–Crippen MR) is 81.0 cm³/mol. The number of aromatic nitrogens is 2. The predicted octanol–water partition coefficient (Wildman–Crippen LogP) is 5.44. The van der Waals surface area contributed by atoms with Crippen LogP contribution in [0, 0.1) is 6.92 Å². The van der Waals surface area contributed by atoms with Gasteiger partial charge in [0, 0.05) is 22.4 Å². The summed E-state index contributed by atoms with van der Waals surface area (Å²) in [4.78, 5) is 4.60. The van der Waals surface area contributed by atoms with Crippen LogP contribution in [0.4, 0.5) is 0 Å². The lowest BCUT2D eigenvalue weighted by molar-refractivity contribution is 1.15. The highest BCUT2D eigenvalue weighted by Gasteiger charge is 2.13. The summed E-state index contributed by atoms with van der Waals surface area (Å²) < 4.78 is 4.34. The molecule has 3 aromatic heterocycles. The Hall–Kier alpha value is -0.550. The Morgan fingerprint density at radius 2 is 2.06 bits per heavy atom. The molecular weight excluding hydrogens is 355 g/mol. The van der Waals surface area contributed by atoms with Gasteiger partial charge in [-0.3, -0.25) is 0 Å². The number of pyridine rings is 1. The van der Waals surface area contributed by atoms with Crippen LogP contribution < -0.4 is 0 Å². The number of imidazole rings is 1. The van der Waals surface area contributed by atoms with Crippen molar-refractivity contribution in [2.75, 3.05) is 0 Å². The molecule has 18 heavy (non-hydrogen) atoms. The van der Waals surface area contributed by atoms with Crippen molar-refractivity contribution < 1.29 is 0 Å². The van der Waals surface area contributed by atoms with E-state index in [1.54, 1.807) is 0 Å². The van der Waals surface area contributed by atoms with E-state index in [-0.39, 0.29) is 0 Å². The molecule has 0 fully saturated rings. The first kappa shape index (κ1) is 12.5. The molecule has 6 heteroatoms. The normalized spacial score (nSPS) is 11.3. The Bertz CT molecular complexity index is 748. The fraction of sp³-hybridized carbons (Fsp3) is 0.0833. The zero-order chi connectivity index (χ0) is 12.9. The number of halogens is 3. The van der Waals surface area contributed by atoms with Gasteiger partial charge in [0.05, 0.1) is 10.0 Å². The molecule has 0 aliphatic rings. The maximum Gasteiger partial charge on any atom is 0.140 e. The molecule has 3 aromatic rings. The smallest absolute Gasteiger partial charge is 0.140 e. The highest BCUT2D eigenvalue weighted by atomic mass is 79.9. The third-order valence-corrected chi connectivity index (χ3v) is 4.56. The van der Waals surface area contributed by atoms with Crippen LogP contribution in [0.15, 0.2) is 29.0 Å². The molecule has 0 radical (unpaired) electrons. The van der Waals surface area contributed by atoms with Gasteiger partial charge in [-0.25, -0.2) is 4.98 Å². The van der Waals surface area contributed by atoms with Crippen LogP contribution in [-0.4, -0.2) is 9.38 Å². The van der Waals surface area contributed by atoms with E-state index in [1.807, 2.05) is 35.9 Å². The molecule has 0 unspecified atom stereocenters. The summed E-state index contributed by atoms with van der Waals surface area (Å²) in [5, 5.41) is 0. The minimum absolute atomic E-state index is 0.667. The number of aryl methyl sites for hydroxylation is 1. The van der Waals surface area contributed by atoms with Gasteiger partial charge in [0.1, 0.15) is 9.98 Å². The van der Waals surface area contributed by atoms with Crippen LogP contribution in [-0.2, 0) is 0 Å². The SMILES string of the molecule is Cc1cc(Br)cn2cc(-c3cc(Cl)sc3Cl)nc12. The molecule has 0 atom stereocenters. The maximum atomic E-state index is 6.15. The number of rotatable bonds is 1. The molecular formula is C12H7BrCl2N2S. The van der Waals surface area contributed by atoms with E-state index in [2.05, 4.69) is 20.9 Å². The molecule has 0 aliphatic carbocycles. The third-order valence-electron chi connectivity index (χ3n) is 2.63. The van der Waals surface area contributed by atoms with Gasteiger partial charge < -0.3 is 4.40 Å². The van der Waals surface area contributed by atoms with Crippen LogP contribution in [0.25, 0.3) is 16.9 Å². The van der Waals surface area contributed by atoms with Gasteiger partial charge >= 0.3 is 0 Å². The van der Waals surface area contributed by atoms with Crippen LogP contribution >= 0.6 is 50.5 Å². The second-order valence-electron chi connectivity index (χ2n) is 3.94. The Balaban J connectivity index is 2.25. The molecule has 0 saturated carbocycles. The molecule has 0 N–H and O–H groups in total. The van der Waals surface area contributed by atoms with E-state index in [0.29, 0.717) is 8.67 Å². The van der Waals surface area contributed by atoms with Crippen molar-refractivity contribution >= 4 is 56.1 Å². The van der Waals surface area contributed by atoms with Crippen molar-refractivity contribution in [1.29, 1.82) is 0 Å². The quantitative estimate of drug-likeness (QED) is 0.564. The largest absolute Gasteiger partial charge is 0.305 e. The second-order valence-corrected chi connectivity index (χ2v) is 7.14. The molecule has 2 nitrogen and oxygen atoms in total. The Kier molecular flexibility index (Phi) is 3.14. The van der Waals surface area contributed by atoms with E-state index in [1.165, 1.54) is 11.3 Å². The molecule has 3 heterocycles. The van der Waals surface area contributed by atoms with E-state index < -0.39 is 0 Å². The van der Waals surface area contributed by atoms with Gasteiger partial charge in [0.25, 0.3) is 0 Å². The van der Waals surface area contributed by atoms with Gasteiger partial charge in [0.2, 0.25) is 0 Å². The van der Waals surface area contributed by atoms with E-state index in [4.69, 9.17) is 23.2 Å². The van der Waals surface area contributed by atoms with Gasteiger partial charge in [-0.15, -0.1) is 11.3 Å². The first-order valence-electron chi connectivity index (χ1n) is 5.14. The van der Waals surface area contributed by atoms with Crippen molar-refractivity contribution in [3.05, 3.63) is 43.2 Å². The molecule has 0 amide bonds. The fourth-order valence-corrected chi connectivity index (χ4v) is 3.92. The molecule has 0 spiro atoms. The number of hydrogen-bond donors (Lipinski definition) is 0. The molecule has 0 aromatic carbocycles. The number of nitrogens with zero attached hydrogens (tertiary/aromatic N) is 2. The van der Waals surface area contributed by atoms with Crippen LogP contribution in [0.1, 0.15) is 5.56 Å². The van der Waals surface area contributed by atoms with E-state index in [9.17, 15) is 0 Å². The third kappa shape index (κ3) is 2.07. The average Bonchev–Trinajstić information content (AvgIpc) is 2.81. The lowest BCUT2D eigenvalue weighted by atomic mass is 10.3. The van der Waals surface area contributed by atoms with Crippen molar-refractivity contribution in [3.8, 4) is 11.3 Å².